The largest absolute Gasteiger partial charge is 0.454 e. The highest BCUT2D eigenvalue weighted by molar-refractivity contribution is 7.92. The molecule has 1 unspecified atom stereocenters. The van der Waals surface area contributed by atoms with E-state index < -0.39 is 16.1 Å². The van der Waals surface area contributed by atoms with E-state index in [4.69, 9.17) is 32.7 Å². The molecule has 0 spiro atoms. The summed E-state index contributed by atoms with van der Waals surface area (Å²) in [5, 5.41) is 3.69. The van der Waals surface area contributed by atoms with Gasteiger partial charge in [0.25, 0.3) is 0 Å². The van der Waals surface area contributed by atoms with Gasteiger partial charge in [0, 0.05) is 54.2 Å². The zero-order valence-electron chi connectivity index (χ0n) is 24.1. The van der Waals surface area contributed by atoms with Gasteiger partial charge in [-0.1, -0.05) is 66.5 Å². The number of carbonyl (C=O) groups is 2. The maximum atomic E-state index is 14.0. The molecule has 0 bridgehead atoms. The predicted molar refractivity (Wildman–Crippen MR) is 168 cm³/mol. The first-order chi connectivity index (χ1) is 20.6. The van der Waals surface area contributed by atoms with Crippen molar-refractivity contribution in [2.24, 2.45) is 0 Å². The van der Waals surface area contributed by atoms with Gasteiger partial charge in [-0.25, -0.2) is 8.42 Å². The Morgan fingerprint density at radius 1 is 0.977 bits per heavy atom. The number of benzene rings is 3. The van der Waals surface area contributed by atoms with Gasteiger partial charge in [0.15, 0.2) is 11.5 Å². The van der Waals surface area contributed by atoms with E-state index >= 15 is 0 Å². The molecule has 1 N–H and O–H groups in total. The van der Waals surface area contributed by atoms with Gasteiger partial charge in [-0.3, -0.25) is 13.9 Å². The van der Waals surface area contributed by atoms with Crippen molar-refractivity contribution >= 4 is 50.7 Å². The Hall–Kier alpha value is -3.47. The van der Waals surface area contributed by atoms with Crippen LogP contribution in [0, 0.1) is 0 Å². The summed E-state index contributed by atoms with van der Waals surface area (Å²) < 4.78 is 37.5. The molecule has 2 amide bonds. The molecule has 1 aliphatic heterocycles. The summed E-state index contributed by atoms with van der Waals surface area (Å²) in [7, 11) is -3.68. The van der Waals surface area contributed by atoms with E-state index in [0.29, 0.717) is 39.3 Å². The fourth-order valence-electron chi connectivity index (χ4n) is 4.82. The summed E-state index contributed by atoms with van der Waals surface area (Å²) in [4.78, 5) is 29.0. The van der Waals surface area contributed by atoms with E-state index in [2.05, 4.69) is 5.32 Å². The zero-order chi connectivity index (χ0) is 31.0. The second-order valence-electron chi connectivity index (χ2n) is 10.2. The number of sulfonamides is 1. The van der Waals surface area contributed by atoms with Crippen molar-refractivity contribution in [2.75, 3.05) is 30.4 Å². The summed E-state index contributed by atoms with van der Waals surface area (Å²) in [6.45, 7) is 2.51. The third-order valence-corrected chi connectivity index (χ3v) is 8.91. The van der Waals surface area contributed by atoms with Gasteiger partial charge in [0.2, 0.25) is 28.6 Å². The van der Waals surface area contributed by atoms with Gasteiger partial charge >= 0.3 is 0 Å². The van der Waals surface area contributed by atoms with Crippen LogP contribution in [-0.2, 0) is 32.6 Å². The number of hydrogen-bond donors (Lipinski definition) is 1. The van der Waals surface area contributed by atoms with Crippen LogP contribution in [0.3, 0.4) is 0 Å². The normalized spacial score (nSPS) is 12.9. The number of hydrogen-bond acceptors (Lipinski definition) is 6. The summed E-state index contributed by atoms with van der Waals surface area (Å²) in [6, 6.07) is 18.6. The van der Waals surface area contributed by atoms with Crippen LogP contribution in [0.25, 0.3) is 0 Å². The first-order valence-electron chi connectivity index (χ1n) is 14.0. The van der Waals surface area contributed by atoms with Crippen molar-refractivity contribution in [2.45, 2.75) is 45.2 Å². The second kappa shape index (κ2) is 14.8. The molecule has 1 aliphatic rings. The van der Waals surface area contributed by atoms with Crippen LogP contribution in [0.5, 0.6) is 11.5 Å². The highest BCUT2D eigenvalue weighted by Crippen LogP contribution is 2.36. The Morgan fingerprint density at radius 2 is 1.67 bits per heavy atom. The van der Waals surface area contributed by atoms with Crippen LogP contribution in [0.15, 0.2) is 66.7 Å². The van der Waals surface area contributed by atoms with E-state index in [0.717, 1.165) is 18.2 Å². The van der Waals surface area contributed by atoms with Crippen molar-refractivity contribution in [3.63, 3.8) is 0 Å². The molecule has 3 aromatic rings. The minimum atomic E-state index is -3.68. The average molecular weight is 649 g/mol. The smallest absolute Gasteiger partial charge is 0.243 e. The number of halogens is 2. The first kappa shape index (κ1) is 32.4. The molecule has 1 heterocycles. The molecule has 230 valence electrons. The van der Waals surface area contributed by atoms with Gasteiger partial charge in [0.05, 0.1) is 11.9 Å². The van der Waals surface area contributed by atoms with Crippen molar-refractivity contribution in [1.82, 2.24) is 10.2 Å². The number of fused-ring (bicyclic) bond motifs is 1. The lowest BCUT2D eigenvalue weighted by Gasteiger charge is -2.32. The maximum absolute atomic E-state index is 14.0. The number of ether oxygens (including phenoxy) is 2. The molecule has 0 radical (unpaired) electrons. The Balaban J connectivity index is 1.60. The van der Waals surface area contributed by atoms with Gasteiger partial charge in [0.1, 0.15) is 6.04 Å². The molecule has 0 fully saturated rings. The van der Waals surface area contributed by atoms with Crippen LogP contribution in [0.1, 0.15) is 37.3 Å². The topological polar surface area (TPSA) is 105 Å². The third-order valence-electron chi connectivity index (χ3n) is 7.01. The molecule has 3 aromatic carbocycles. The standard InChI is InChI=1S/C31H35Cl2N3O6S/c1-3-16-34-31(38)27(18-22-9-5-4-6-10-22)35(20-24-25(32)11-7-12-26(24)33)30(37)13-8-17-36(43(2,39)40)23-14-15-28-29(19-23)42-21-41-28/h4-7,9-12,14-15,19,27H,3,8,13,16-18,20-21H2,1-2H3,(H,34,38). The average Bonchev–Trinajstić information content (AvgIpc) is 3.45. The lowest BCUT2D eigenvalue weighted by Crippen LogP contribution is -2.50. The third kappa shape index (κ3) is 8.55. The Labute approximate surface area is 262 Å². The van der Waals surface area contributed by atoms with Crippen LogP contribution in [0.4, 0.5) is 5.69 Å². The number of nitrogens with one attached hydrogen (secondary N) is 1. The number of amides is 2. The van der Waals surface area contributed by atoms with E-state index in [1.807, 2.05) is 37.3 Å². The SMILES string of the molecule is CCCNC(=O)C(Cc1ccccc1)N(Cc1c(Cl)cccc1Cl)C(=O)CCCN(c1ccc2c(c1)OCO2)S(C)(=O)=O. The first-order valence-corrected chi connectivity index (χ1v) is 16.6. The zero-order valence-corrected chi connectivity index (χ0v) is 26.4. The van der Waals surface area contributed by atoms with Crippen LogP contribution >= 0.6 is 23.2 Å². The lowest BCUT2D eigenvalue weighted by atomic mass is 10.0. The van der Waals surface area contributed by atoms with Gasteiger partial charge in [-0.2, -0.15) is 0 Å². The maximum Gasteiger partial charge on any atom is 0.243 e. The van der Waals surface area contributed by atoms with E-state index in [1.54, 1.807) is 36.4 Å². The van der Waals surface area contributed by atoms with Gasteiger partial charge < -0.3 is 19.7 Å². The molecule has 9 nitrogen and oxygen atoms in total. The summed E-state index contributed by atoms with van der Waals surface area (Å²) in [5.41, 5.74) is 1.81. The van der Waals surface area contributed by atoms with Crippen molar-refractivity contribution in [3.05, 3.63) is 87.9 Å². The molecule has 0 saturated heterocycles. The van der Waals surface area contributed by atoms with Crippen LogP contribution in [0.2, 0.25) is 10.0 Å². The lowest BCUT2D eigenvalue weighted by molar-refractivity contribution is -0.141. The fourth-order valence-corrected chi connectivity index (χ4v) is 6.29. The summed E-state index contributed by atoms with van der Waals surface area (Å²) >= 11 is 13.0. The molecule has 1 atom stereocenters. The Morgan fingerprint density at radius 3 is 2.35 bits per heavy atom. The highest BCUT2D eigenvalue weighted by Gasteiger charge is 2.31. The minimum Gasteiger partial charge on any atom is -0.454 e. The molecule has 12 heteroatoms. The molecule has 4 rings (SSSR count). The number of anilines is 1. The molecular weight excluding hydrogens is 613 g/mol. The van der Waals surface area contributed by atoms with Crippen LogP contribution < -0.4 is 19.1 Å². The Bertz CT molecular complexity index is 1520. The molecule has 0 saturated carbocycles. The summed E-state index contributed by atoms with van der Waals surface area (Å²) in [5.74, 6) is 0.363. The molecule has 0 aliphatic carbocycles. The minimum absolute atomic E-state index is 0.00629. The molecule has 43 heavy (non-hydrogen) atoms. The van der Waals surface area contributed by atoms with E-state index in [9.17, 15) is 18.0 Å². The van der Waals surface area contributed by atoms with Crippen LogP contribution in [-0.4, -0.2) is 57.3 Å². The number of carbonyl (C=O) groups excluding carboxylic acids is 2. The van der Waals surface area contributed by atoms with Crippen molar-refractivity contribution in [1.29, 1.82) is 0 Å². The summed E-state index contributed by atoms with van der Waals surface area (Å²) in [6.07, 6.45) is 2.29. The number of rotatable bonds is 14. The molecule has 0 aromatic heterocycles. The van der Waals surface area contributed by atoms with E-state index in [-0.39, 0.29) is 51.0 Å². The van der Waals surface area contributed by atoms with E-state index in [1.165, 1.54) is 9.21 Å². The molecular formula is C31H35Cl2N3O6S. The second-order valence-corrected chi connectivity index (χ2v) is 12.9. The van der Waals surface area contributed by atoms with Crippen molar-refractivity contribution in [3.8, 4) is 11.5 Å². The highest BCUT2D eigenvalue weighted by atomic mass is 35.5. The van der Waals surface area contributed by atoms with Crippen molar-refractivity contribution < 1.29 is 27.5 Å². The van der Waals surface area contributed by atoms with Gasteiger partial charge in [-0.05, 0) is 42.7 Å². The monoisotopic (exact) mass is 647 g/mol. The Kier molecular flexibility index (Phi) is 11.2. The number of nitrogens with zero attached hydrogens (tertiary/aromatic N) is 2. The quantitative estimate of drug-likeness (QED) is 0.250. The predicted octanol–water partition coefficient (Wildman–Crippen LogP) is 5.43. The van der Waals surface area contributed by atoms with Gasteiger partial charge in [-0.15, -0.1) is 0 Å². The fraction of sp³-hybridized carbons (Fsp3) is 0.355.